The third-order valence-corrected chi connectivity index (χ3v) is 4.45. The molecule has 0 saturated carbocycles. The molecule has 2 atom stereocenters. The Labute approximate surface area is 153 Å². The molecule has 2 N–H and O–H groups in total. The Kier molecular flexibility index (Phi) is 25.0. The summed E-state index contributed by atoms with van der Waals surface area (Å²) >= 11 is 0. The van der Waals surface area contributed by atoms with Gasteiger partial charge in [0.2, 0.25) is 0 Å². The van der Waals surface area contributed by atoms with Crippen molar-refractivity contribution in [3.8, 4) is 0 Å². The van der Waals surface area contributed by atoms with E-state index < -0.39 is 0 Å². The molecular weight excluding hydrogens is 296 g/mol. The van der Waals surface area contributed by atoms with Crippen molar-refractivity contribution < 1.29 is 10.2 Å². The van der Waals surface area contributed by atoms with Gasteiger partial charge in [0.25, 0.3) is 0 Å². The van der Waals surface area contributed by atoms with Crippen LogP contribution in [-0.2, 0) is 0 Å². The van der Waals surface area contributed by atoms with E-state index in [0.29, 0.717) is 0 Å². The van der Waals surface area contributed by atoms with E-state index in [0.717, 1.165) is 12.8 Å². The largest absolute Gasteiger partial charge is 0.393 e. The lowest BCUT2D eigenvalue weighted by Gasteiger charge is -2.03. The van der Waals surface area contributed by atoms with Crippen molar-refractivity contribution in [1.82, 2.24) is 0 Å². The summed E-state index contributed by atoms with van der Waals surface area (Å²) in [6, 6.07) is 0. The summed E-state index contributed by atoms with van der Waals surface area (Å²) in [5, 5.41) is 18.0. The Bertz CT molecular complexity index is 180. The van der Waals surface area contributed by atoms with Gasteiger partial charge in [-0.15, -0.1) is 0 Å². The predicted molar refractivity (Wildman–Crippen MR) is 109 cm³/mol. The molecule has 148 valence electrons. The van der Waals surface area contributed by atoms with Gasteiger partial charge in [-0.3, -0.25) is 0 Å². The van der Waals surface area contributed by atoms with Crippen LogP contribution in [0.15, 0.2) is 0 Å². The zero-order chi connectivity index (χ0) is 18.5. The van der Waals surface area contributed by atoms with Gasteiger partial charge in [0.15, 0.2) is 0 Å². The molecule has 0 aromatic rings. The molecular formula is C22H48O2. The van der Waals surface area contributed by atoms with Crippen LogP contribution in [-0.4, -0.2) is 22.4 Å². The van der Waals surface area contributed by atoms with Crippen LogP contribution in [0.2, 0.25) is 0 Å². The van der Waals surface area contributed by atoms with Crippen LogP contribution in [0, 0.1) is 0 Å². The van der Waals surface area contributed by atoms with Gasteiger partial charge in [-0.2, -0.15) is 0 Å². The Hall–Kier alpha value is -0.0800. The fourth-order valence-electron chi connectivity index (χ4n) is 2.79. The Morgan fingerprint density at radius 2 is 0.708 bits per heavy atom. The van der Waals surface area contributed by atoms with Crippen LogP contribution in [0.3, 0.4) is 0 Å². The minimum atomic E-state index is -0.0966. The van der Waals surface area contributed by atoms with Gasteiger partial charge in [-0.1, -0.05) is 104 Å². The van der Waals surface area contributed by atoms with E-state index in [1.54, 1.807) is 0 Å². The summed E-state index contributed by atoms with van der Waals surface area (Å²) < 4.78 is 0. The van der Waals surface area contributed by atoms with Gasteiger partial charge < -0.3 is 10.2 Å². The molecule has 2 nitrogen and oxygen atoms in total. The van der Waals surface area contributed by atoms with Crippen LogP contribution in [0.1, 0.15) is 130 Å². The Balaban J connectivity index is 0. The molecule has 2 heteroatoms. The lowest BCUT2D eigenvalue weighted by Crippen LogP contribution is -1.98. The number of rotatable bonds is 16. The molecule has 0 spiro atoms. The average molecular weight is 345 g/mol. The highest BCUT2D eigenvalue weighted by molar-refractivity contribution is 4.50. The normalized spacial score (nSPS) is 13.2. The molecule has 0 fully saturated rings. The van der Waals surface area contributed by atoms with Crippen LogP contribution >= 0.6 is 0 Å². The lowest BCUT2D eigenvalue weighted by atomic mass is 10.1. The van der Waals surface area contributed by atoms with Gasteiger partial charge in [0.05, 0.1) is 12.2 Å². The SMILES string of the molecule is CCCCCCCCCC(C)O.CCCCCCCCCC(C)O. The minimum Gasteiger partial charge on any atom is -0.393 e. The summed E-state index contributed by atoms with van der Waals surface area (Å²) in [5.74, 6) is 0. The smallest absolute Gasteiger partial charge is 0.0512 e. The number of aliphatic hydroxyl groups excluding tert-OH is 2. The molecule has 0 saturated heterocycles. The van der Waals surface area contributed by atoms with Crippen LogP contribution in [0.25, 0.3) is 0 Å². The minimum absolute atomic E-state index is 0.0966. The zero-order valence-corrected chi connectivity index (χ0v) is 17.4. The first-order valence-corrected chi connectivity index (χ1v) is 10.9. The molecule has 0 rings (SSSR count). The molecule has 0 heterocycles. The lowest BCUT2D eigenvalue weighted by molar-refractivity contribution is 0.180. The topological polar surface area (TPSA) is 40.5 Å². The van der Waals surface area contributed by atoms with E-state index in [-0.39, 0.29) is 12.2 Å². The zero-order valence-electron chi connectivity index (χ0n) is 17.4. The molecule has 0 aliphatic heterocycles. The third-order valence-electron chi connectivity index (χ3n) is 4.45. The van der Waals surface area contributed by atoms with Gasteiger partial charge in [0, 0.05) is 0 Å². The van der Waals surface area contributed by atoms with Crippen molar-refractivity contribution >= 4 is 0 Å². The maximum absolute atomic E-state index is 8.99. The first kappa shape index (κ1) is 26.2. The standard InChI is InChI=1S/2C11H24O/c2*1-3-4-5-6-7-8-9-10-11(2)12/h2*11-12H,3-10H2,1-2H3. The monoisotopic (exact) mass is 344 g/mol. The average Bonchev–Trinajstić information content (AvgIpc) is 2.53. The first-order chi connectivity index (χ1) is 11.5. The molecule has 2 unspecified atom stereocenters. The first-order valence-electron chi connectivity index (χ1n) is 10.9. The van der Waals surface area contributed by atoms with Crippen molar-refractivity contribution in [2.45, 2.75) is 143 Å². The Morgan fingerprint density at radius 1 is 0.458 bits per heavy atom. The summed E-state index contributed by atoms with van der Waals surface area (Å²) in [5.41, 5.74) is 0. The van der Waals surface area contributed by atoms with Crippen LogP contribution in [0.4, 0.5) is 0 Å². The van der Waals surface area contributed by atoms with E-state index in [2.05, 4.69) is 13.8 Å². The van der Waals surface area contributed by atoms with E-state index in [9.17, 15) is 0 Å². The van der Waals surface area contributed by atoms with Crippen molar-refractivity contribution in [2.24, 2.45) is 0 Å². The molecule has 0 radical (unpaired) electrons. The van der Waals surface area contributed by atoms with Crippen molar-refractivity contribution in [3.05, 3.63) is 0 Å². The van der Waals surface area contributed by atoms with E-state index in [4.69, 9.17) is 10.2 Å². The van der Waals surface area contributed by atoms with Crippen LogP contribution < -0.4 is 0 Å². The second-order valence-corrected chi connectivity index (χ2v) is 7.52. The van der Waals surface area contributed by atoms with Crippen molar-refractivity contribution in [3.63, 3.8) is 0 Å². The molecule has 0 bridgehead atoms. The van der Waals surface area contributed by atoms with Crippen molar-refractivity contribution in [2.75, 3.05) is 0 Å². The molecule has 0 amide bonds. The highest BCUT2D eigenvalue weighted by atomic mass is 16.3. The molecule has 0 aliphatic carbocycles. The second kappa shape index (κ2) is 22.9. The number of unbranched alkanes of at least 4 members (excludes halogenated alkanes) is 12. The molecule has 24 heavy (non-hydrogen) atoms. The van der Waals surface area contributed by atoms with Gasteiger partial charge in [-0.25, -0.2) is 0 Å². The second-order valence-electron chi connectivity index (χ2n) is 7.52. The van der Waals surface area contributed by atoms with Gasteiger partial charge >= 0.3 is 0 Å². The van der Waals surface area contributed by atoms with Crippen LogP contribution in [0.5, 0.6) is 0 Å². The molecule has 0 aromatic heterocycles. The summed E-state index contributed by atoms with van der Waals surface area (Å²) in [7, 11) is 0. The fraction of sp³-hybridized carbons (Fsp3) is 1.00. The van der Waals surface area contributed by atoms with Crippen molar-refractivity contribution in [1.29, 1.82) is 0 Å². The fourth-order valence-corrected chi connectivity index (χ4v) is 2.79. The number of hydrogen-bond donors (Lipinski definition) is 2. The van der Waals surface area contributed by atoms with E-state index in [1.165, 1.54) is 89.9 Å². The maximum atomic E-state index is 8.99. The quantitative estimate of drug-likeness (QED) is 0.295. The highest BCUT2D eigenvalue weighted by Gasteiger charge is 1.95. The van der Waals surface area contributed by atoms with E-state index in [1.807, 2.05) is 13.8 Å². The van der Waals surface area contributed by atoms with E-state index >= 15 is 0 Å². The highest BCUT2D eigenvalue weighted by Crippen LogP contribution is 2.10. The summed E-state index contributed by atoms with van der Waals surface area (Å²) in [6.07, 6.45) is 20.4. The maximum Gasteiger partial charge on any atom is 0.0512 e. The summed E-state index contributed by atoms with van der Waals surface area (Å²) in [6.45, 7) is 8.23. The number of aliphatic hydroxyl groups is 2. The molecule has 0 aromatic carbocycles. The van der Waals surface area contributed by atoms with Gasteiger partial charge in [0.1, 0.15) is 0 Å². The Morgan fingerprint density at radius 3 is 0.958 bits per heavy atom. The van der Waals surface area contributed by atoms with Gasteiger partial charge in [-0.05, 0) is 26.7 Å². The number of hydrogen-bond acceptors (Lipinski definition) is 2. The predicted octanol–water partition coefficient (Wildman–Crippen LogP) is 7.02. The third kappa shape index (κ3) is 29.9. The molecule has 0 aliphatic rings. The summed E-state index contributed by atoms with van der Waals surface area (Å²) in [4.78, 5) is 0.